The van der Waals surface area contributed by atoms with Gasteiger partial charge >= 0.3 is 0 Å². The molecule has 0 bridgehead atoms. The number of aliphatic hydroxyl groups is 1. The number of H-pyrrole nitrogens is 1. The van der Waals surface area contributed by atoms with Crippen LogP contribution in [0.1, 0.15) is 30.2 Å². The molecule has 0 unspecified atom stereocenters. The van der Waals surface area contributed by atoms with Crippen LogP contribution < -0.4 is 5.32 Å². The lowest BCUT2D eigenvalue weighted by Crippen LogP contribution is -2.52. The van der Waals surface area contributed by atoms with Gasteiger partial charge in [0.1, 0.15) is 6.61 Å². The van der Waals surface area contributed by atoms with E-state index in [1.807, 2.05) is 0 Å². The minimum atomic E-state index is -0.465. The molecule has 0 fully saturated rings. The van der Waals surface area contributed by atoms with Gasteiger partial charge in [-0.2, -0.15) is 0 Å². The van der Waals surface area contributed by atoms with E-state index in [2.05, 4.69) is 53.3 Å². The van der Waals surface area contributed by atoms with Crippen LogP contribution in [0.15, 0.2) is 24.3 Å². The van der Waals surface area contributed by atoms with Crippen molar-refractivity contribution in [1.29, 1.82) is 0 Å². The molecular weight excluding hydrogens is 314 g/mol. The molecule has 2 aromatic rings. The van der Waals surface area contributed by atoms with Crippen LogP contribution in [0.4, 0.5) is 0 Å². The molecule has 132 valence electrons. The minimum absolute atomic E-state index is 0.0608. The summed E-state index contributed by atoms with van der Waals surface area (Å²) < 4.78 is 0. The number of hydrogen-bond donors (Lipinski definition) is 3. The largest absolute Gasteiger partial charge is 0.387 e. The number of rotatable bonds is 4. The van der Waals surface area contributed by atoms with Gasteiger partial charge in [-0.25, -0.2) is 0 Å². The third kappa shape index (κ3) is 2.68. The average Bonchev–Trinajstić information content (AvgIpc) is 2.93. The Labute approximate surface area is 147 Å². The second-order valence-electron chi connectivity index (χ2n) is 7.13. The Morgan fingerprint density at radius 1 is 1.44 bits per heavy atom. The smallest absolute Gasteiger partial charge is 0.246 e. The molecule has 1 amide bonds. The van der Waals surface area contributed by atoms with Crippen molar-refractivity contribution in [3.05, 3.63) is 41.1 Å². The molecule has 1 aromatic heterocycles. The molecule has 3 N–H and O–H groups in total. The van der Waals surface area contributed by atoms with E-state index in [9.17, 15) is 4.79 Å². The Kier molecular flexibility index (Phi) is 4.13. The van der Waals surface area contributed by atoms with Crippen LogP contribution in [-0.2, 0) is 11.2 Å². The number of carbonyl (C=O) groups excluding carboxylic acids is 1. The molecule has 25 heavy (non-hydrogen) atoms. The van der Waals surface area contributed by atoms with E-state index in [1.54, 1.807) is 0 Å². The maximum Gasteiger partial charge on any atom is 0.246 e. The predicted molar refractivity (Wildman–Crippen MR) is 99.4 cm³/mol. The Hall–Kier alpha value is -2.11. The number of carbonyl (C=O) groups is 1. The van der Waals surface area contributed by atoms with Gasteiger partial charge in [-0.15, -0.1) is 0 Å². The summed E-state index contributed by atoms with van der Waals surface area (Å²) in [5.41, 5.74) is 6.45. The summed E-state index contributed by atoms with van der Waals surface area (Å²) in [6.45, 7) is 5.68. The van der Waals surface area contributed by atoms with Gasteiger partial charge in [-0.05, 0) is 49.1 Å². The van der Waals surface area contributed by atoms with Gasteiger partial charge in [0.25, 0.3) is 0 Å². The van der Waals surface area contributed by atoms with E-state index in [0.717, 1.165) is 25.9 Å². The number of fused-ring (bicyclic) bond motifs is 2. The Morgan fingerprint density at radius 3 is 3.04 bits per heavy atom. The van der Waals surface area contributed by atoms with Crippen LogP contribution in [0, 0.1) is 6.92 Å². The number of aryl methyl sites for hydroxylation is 1. The third-order valence-corrected chi connectivity index (χ3v) is 5.46. The van der Waals surface area contributed by atoms with Crippen molar-refractivity contribution in [1.82, 2.24) is 15.2 Å². The Balaban J connectivity index is 1.82. The lowest BCUT2D eigenvalue weighted by Gasteiger charge is -2.42. The Bertz CT molecular complexity index is 852. The third-order valence-electron chi connectivity index (χ3n) is 5.46. The van der Waals surface area contributed by atoms with Gasteiger partial charge in [0.15, 0.2) is 0 Å². The normalized spacial score (nSPS) is 22.6. The van der Waals surface area contributed by atoms with Crippen molar-refractivity contribution in [3.63, 3.8) is 0 Å². The van der Waals surface area contributed by atoms with Gasteiger partial charge < -0.3 is 15.4 Å². The number of amides is 1. The first-order chi connectivity index (χ1) is 12.1. The summed E-state index contributed by atoms with van der Waals surface area (Å²) in [7, 11) is 0. The second-order valence-corrected chi connectivity index (χ2v) is 7.13. The molecule has 1 aromatic carbocycles. The zero-order chi connectivity index (χ0) is 17.6. The molecule has 5 heteroatoms. The van der Waals surface area contributed by atoms with Crippen LogP contribution in [0.2, 0.25) is 0 Å². The number of nitrogens with zero attached hydrogens (tertiary/aromatic N) is 1. The fourth-order valence-corrected chi connectivity index (χ4v) is 4.48. The molecule has 1 aliphatic heterocycles. The van der Waals surface area contributed by atoms with Gasteiger partial charge in [0.2, 0.25) is 5.91 Å². The molecule has 5 nitrogen and oxygen atoms in total. The molecule has 0 spiro atoms. The maximum atomic E-state index is 11.7. The molecule has 2 heterocycles. The highest BCUT2D eigenvalue weighted by Crippen LogP contribution is 2.41. The summed E-state index contributed by atoms with van der Waals surface area (Å²) in [5.74, 6) is -0.316. The summed E-state index contributed by atoms with van der Waals surface area (Å²) in [5, 5.41) is 13.3. The summed E-state index contributed by atoms with van der Waals surface area (Å²) in [6, 6.07) is 6.72. The molecule has 2 aliphatic rings. The average molecular weight is 339 g/mol. The van der Waals surface area contributed by atoms with Crippen LogP contribution in [0.25, 0.3) is 16.5 Å². The van der Waals surface area contributed by atoms with Crippen LogP contribution in [0.5, 0.6) is 0 Å². The quantitative estimate of drug-likeness (QED) is 0.798. The number of hydrogen-bond acceptors (Lipinski definition) is 3. The zero-order valence-corrected chi connectivity index (χ0v) is 14.8. The standard InChI is InChI=1S/C20H25N3O2/c1-3-7-23-10-13(22-19(25)11-24)8-16-14-5-4-6-17-20(14)15(9-18(16)23)12(2)21-17/h4-6,8,13,18,21,24H,3,7,9-11H2,1-2H3,(H,22,25)/t13-,18+/m0/s1. The molecule has 4 rings (SSSR count). The van der Waals surface area contributed by atoms with Crippen molar-refractivity contribution in [2.24, 2.45) is 0 Å². The van der Waals surface area contributed by atoms with Gasteiger partial charge in [-0.1, -0.05) is 25.1 Å². The van der Waals surface area contributed by atoms with Crippen LogP contribution in [0.3, 0.4) is 0 Å². The molecule has 0 saturated carbocycles. The lowest BCUT2D eigenvalue weighted by atomic mass is 9.80. The first-order valence-electron chi connectivity index (χ1n) is 9.09. The van der Waals surface area contributed by atoms with E-state index in [-0.39, 0.29) is 11.9 Å². The highest BCUT2D eigenvalue weighted by molar-refractivity contribution is 5.99. The minimum Gasteiger partial charge on any atom is -0.387 e. The van der Waals surface area contributed by atoms with E-state index < -0.39 is 6.61 Å². The number of benzene rings is 1. The van der Waals surface area contributed by atoms with Crippen molar-refractivity contribution < 1.29 is 9.90 Å². The fourth-order valence-electron chi connectivity index (χ4n) is 4.48. The molecular formula is C20H25N3O2. The summed E-state index contributed by atoms with van der Waals surface area (Å²) in [4.78, 5) is 17.7. The summed E-state index contributed by atoms with van der Waals surface area (Å²) in [6.07, 6.45) is 4.29. The predicted octanol–water partition coefficient (Wildman–Crippen LogP) is 1.99. The monoisotopic (exact) mass is 339 g/mol. The van der Waals surface area contributed by atoms with Crippen LogP contribution in [-0.4, -0.2) is 52.7 Å². The zero-order valence-electron chi connectivity index (χ0n) is 14.8. The van der Waals surface area contributed by atoms with Crippen molar-refractivity contribution >= 4 is 22.4 Å². The first-order valence-corrected chi connectivity index (χ1v) is 9.09. The highest BCUT2D eigenvalue weighted by Gasteiger charge is 2.35. The van der Waals surface area contributed by atoms with Crippen molar-refractivity contribution in [2.45, 2.75) is 38.8 Å². The van der Waals surface area contributed by atoms with E-state index in [1.165, 1.54) is 33.3 Å². The number of aliphatic hydroxyl groups excluding tert-OH is 1. The SMILES string of the molecule is CCCN1C[C@@H](NC(=O)CO)C=C2c3cccc4[nH]c(C)c(c34)C[C@H]21. The van der Waals surface area contributed by atoms with Gasteiger partial charge in [-0.3, -0.25) is 9.69 Å². The first kappa shape index (κ1) is 16.4. The maximum absolute atomic E-state index is 11.7. The lowest BCUT2D eigenvalue weighted by molar-refractivity contribution is -0.124. The van der Waals surface area contributed by atoms with E-state index in [0.29, 0.717) is 6.04 Å². The van der Waals surface area contributed by atoms with E-state index in [4.69, 9.17) is 5.11 Å². The molecule has 0 radical (unpaired) electrons. The van der Waals surface area contributed by atoms with Crippen molar-refractivity contribution in [2.75, 3.05) is 19.7 Å². The van der Waals surface area contributed by atoms with Crippen molar-refractivity contribution in [3.8, 4) is 0 Å². The number of aromatic nitrogens is 1. The van der Waals surface area contributed by atoms with Crippen LogP contribution >= 0.6 is 0 Å². The topological polar surface area (TPSA) is 68.4 Å². The fraction of sp³-hybridized carbons (Fsp3) is 0.450. The van der Waals surface area contributed by atoms with E-state index >= 15 is 0 Å². The highest BCUT2D eigenvalue weighted by atomic mass is 16.3. The van der Waals surface area contributed by atoms with Gasteiger partial charge in [0, 0.05) is 29.2 Å². The molecule has 0 saturated heterocycles. The molecule has 1 aliphatic carbocycles. The molecule has 2 atom stereocenters. The summed E-state index contributed by atoms with van der Waals surface area (Å²) >= 11 is 0. The Morgan fingerprint density at radius 2 is 2.28 bits per heavy atom. The number of aromatic amines is 1. The van der Waals surface area contributed by atoms with Gasteiger partial charge in [0.05, 0.1) is 6.04 Å². The second kappa shape index (κ2) is 6.32. The number of nitrogens with one attached hydrogen (secondary N) is 2.